The summed E-state index contributed by atoms with van der Waals surface area (Å²) in [5.74, 6) is 1.96. The van der Waals surface area contributed by atoms with Crippen molar-refractivity contribution < 1.29 is 0 Å². The van der Waals surface area contributed by atoms with Crippen molar-refractivity contribution in [3.63, 3.8) is 0 Å². The van der Waals surface area contributed by atoms with Crippen molar-refractivity contribution in [3.8, 4) is 5.95 Å². The number of aromatic nitrogens is 5. The molecule has 134 valence electrons. The minimum absolute atomic E-state index is 0.201. The summed E-state index contributed by atoms with van der Waals surface area (Å²) < 4.78 is 1.92. The third kappa shape index (κ3) is 2.68. The lowest BCUT2D eigenvalue weighted by molar-refractivity contribution is 0.744. The third-order valence-corrected chi connectivity index (χ3v) is 4.95. The molecule has 2 aromatic heterocycles. The minimum Gasteiger partial charge on any atom is -0.368 e. The summed E-state index contributed by atoms with van der Waals surface area (Å²) in [6, 6.07) is 16.7. The van der Waals surface area contributed by atoms with Gasteiger partial charge in [0.1, 0.15) is 5.82 Å². The summed E-state index contributed by atoms with van der Waals surface area (Å²) >= 11 is 0. The molecule has 0 fully saturated rings. The van der Waals surface area contributed by atoms with E-state index in [4.69, 9.17) is 10.7 Å². The molecule has 7 heteroatoms. The molecule has 0 radical (unpaired) electrons. The zero-order valence-corrected chi connectivity index (χ0v) is 14.9. The highest BCUT2D eigenvalue weighted by Crippen LogP contribution is 2.34. The van der Waals surface area contributed by atoms with E-state index in [0.29, 0.717) is 17.7 Å². The van der Waals surface area contributed by atoms with Gasteiger partial charge in [0.15, 0.2) is 0 Å². The van der Waals surface area contributed by atoms with Crippen molar-refractivity contribution in [2.75, 3.05) is 11.1 Å². The molecule has 1 aliphatic carbocycles. The monoisotopic (exact) mass is 357 g/mol. The number of fused-ring (bicyclic) bond motifs is 2. The van der Waals surface area contributed by atoms with E-state index in [1.807, 2.05) is 28.8 Å². The van der Waals surface area contributed by atoms with Gasteiger partial charge < -0.3 is 11.1 Å². The molecule has 0 bridgehead atoms. The maximum Gasteiger partial charge on any atom is 0.242 e. The average Bonchev–Trinajstić information content (AvgIpc) is 3.22. The normalized spacial score (nSPS) is 15.8. The van der Waals surface area contributed by atoms with E-state index >= 15 is 0 Å². The fraction of sp³-hybridized carbons (Fsp3) is 0.200. The van der Waals surface area contributed by atoms with Crippen molar-refractivity contribution in [1.29, 1.82) is 0 Å². The number of anilines is 2. The van der Waals surface area contributed by atoms with Crippen molar-refractivity contribution in [2.45, 2.75) is 25.8 Å². The first-order chi connectivity index (χ1) is 13.2. The fourth-order valence-corrected chi connectivity index (χ4v) is 3.78. The highest BCUT2D eigenvalue weighted by Gasteiger charge is 2.25. The lowest BCUT2D eigenvalue weighted by Gasteiger charge is -2.16. The number of rotatable bonds is 3. The van der Waals surface area contributed by atoms with Gasteiger partial charge in [0.05, 0.1) is 17.1 Å². The Morgan fingerprint density at radius 3 is 2.70 bits per heavy atom. The first-order valence-electron chi connectivity index (χ1n) is 8.99. The Morgan fingerprint density at radius 1 is 1.00 bits per heavy atom. The Bertz CT molecular complexity index is 1130. The molecule has 0 aliphatic heterocycles. The zero-order chi connectivity index (χ0) is 18.4. The van der Waals surface area contributed by atoms with Gasteiger partial charge in [0.25, 0.3) is 0 Å². The Balaban J connectivity index is 1.65. The smallest absolute Gasteiger partial charge is 0.242 e. The summed E-state index contributed by atoms with van der Waals surface area (Å²) in [4.78, 5) is 17.7. The Hall–Kier alpha value is -3.48. The van der Waals surface area contributed by atoms with Crippen LogP contribution in [0.5, 0.6) is 0 Å². The quantitative estimate of drug-likeness (QED) is 0.585. The number of nitrogens with zero attached hydrogens (tertiary/aromatic N) is 5. The molecule has 2 aromatic carbocycles. The molecule has 0 spiro atoms. The molecule has 4 aromatic rings. The van der Waals surface area contributed by atoms with Gasteiger partial charge in [-0.3, -0.25) is 0 Å². The molecule has 2 heterocycles. The molecular formula is C20H19N7. The number of para-hydroxylation sites is 2. The Labute approximate surface area is 156 Å². The van der Waals surface area contributed by atoms with Crippen LogP contribution >= 0.6 is 0 Å². The van der Waals surface area contributed by atoms with Crippen LogP contribution in [-0.2, 0) is 6.42 Å². The number of imidazole rings is 1. The summed E-state index contributed by atoms with van der Waals surface area (Å²) in [5.41, 5.74) is 10.4. The predicted molar refractivity (Wildman–Crippen MR) is 105 cm³/mol. The van der Waals surface area contributed by atoms with Crippen LogP contribution < -0.4 is 11.1 Å². The van der Waals surface area contributed by atoms with Crippen molar-refractivity contribution >= 4 is 22.9 Å². The number of aryl methyl sites for hydroxylation is 2. The third-order valence-electron chi connectivity index (χ3n) is 4.95. The molecular weight excluding hydrogens is 338 g/mol. The topological polar surface area (TPSA) is 94.5 Å². The molecule has 0 saturated carbocycles. The number of nitrogen functional groups attached to an aromatic ring is 1. The number of hydrogen-bond acceptors (Lipinski definition) is 6. The van der Waals surface area contributed by atoms with Crippen LogP contribution in [0.15, 0.2) is 48.5 Å². The molecule has 27 heavy (non-hydrogen) atoms. The predicted octanol–water partition coefficient (Wildman–Crippen LogP) is 3.20. The first kappa shape index (κ1) is 15.7. The average molecular weight is 357 g/mol. The second kappa shape index (κ2) is 6.05. The fourth-order valence-electron chi connectivity index (χ4n) is 3.78. The standard InChI is InChI=1S/C20H19N7/c1-12-22-18(21)26-19(23-12)27-17-9-5-4-8-16(17)25-20(27)24-15-11-10-13-6-2-3-7-14(13)15/h2-9,15H,10-11H2,1H3,(H,24,25)(H2,21,22,23,26). The van der Waals surface area contributed by atoms with Gasteiger partial charge >= 0.3 is 0 Å². The Kier molecular flexibility index (Phi) is 3.53. The van der Waals surface area contributed by atoms with E-state index in [1.54, 1.807) is 6.92 Å². The maximum absolute atomic E-state index is 5.87. The van der Waals surface area contributed by atoms with Gasteiger partial charge in [0, 0.05) is 0 Å². The maximum atomic E-state index is 5.87. The van der Waals surface area contributed by atoms with Gasteiger partial charge in [-0.2, -0.15) is 15.0 Å². The number of hydrogen-bond donors (Lipinski definition) is 2. The SMILES string of the molecule is Cc1nc(N)nc(-n2c(NC3CCc4ccccc43)nc3ccccc32)n1. The van der Waals surface area contributed by atoms with E-state index < -0.39 is 0 Å². The lowest BCUT2D eigenvalue weighted by Crippen LogP contribution is -2.14. The van der Waals surface area contributed by atoms with Gasteiger partial charge in [0.2, 0.25) is 17.8 Å². The van der Waals surface area contributed by atoms with E-state index in [2.05, 4.69) is 44.5 Å². The summed E-state index contributed by atoms with van der Waals surface area (Å²) in [7, 11) is 0. The number of nitrogens with two attached hydrogens (primary N) is 1. The molecule has 0 amide bonds. The number of nitrogens with one attached hydrogen (secondary N) is 1. The van der Waals surface area contributed by atoms with Crippen LogP contribution in [0.1, 0.15) is 29.4 Å². The molecule has 5 rings (SSSR count). The summed E-state index contributed by atoms with van der Waals surface area (Å²) in [6.45, 7) is 1.81. The van der Waals surface area contributed by atoms with Crippen molar-refractivity contribution in [1.82, 2.24) is 24.5 Å². The largest absolute Gasteiger partial charge is 0.368 e. The summed E-state index contributed by atoms with van der Waals surface area (Å²) in [5, 5.41) is 3.60. The molecule has 7 nitrogen and oxygen atoms in total. The van der Waals surface area contributed by atoms with Gasteiger partial charge in [-0.05, 0) is 43.0 Å². The van der Waals surface area contributed by atoms with Crippen LogP contribution in [-0.4, -0.2) is 24.5 Å². The zero-order valence-electron chi connectivity index (χ0n) is 14.9. The van der Waals surface area contributed by atoms with Crippen LogP contribution in [0.4, 0.5) is 11.9 Å². The van der Waals surface area contributed by atoms with Crippen LogP contribution in [0.2, 0.25) is 0 Å². The summed E-state index contributed by atoms with van der Waals surface area (Å²) in [6.07, 6.45) is 2.09. The lowest BCUT2D eigenvalue weighted by atomic mass is 10.1. The van der Waals surface area contributed by atoms with Crippen LogP contribution in [0, 0.1) is 6.92 Å². The van der Waals surface area contributed by atoms with Crippen LogP contribution in [0.3, 0.4) is 0 Å². The minimum atomic E-state index is 0.201. The van der Waals surface area contributed by atoms with Crippen molar-refractivity contribution in [3.05, 3.63) is 65.5 Å². The van der Waals surface area contributed by atoms with E-state index in [1.165, 1.54) is 11.1 Å². The number of benzene rings is 2. The molecule has 1 unspecified atom stereocenters. The molecule has 0 saturated heterocycles. The van der Waals surface area contributed by atoms with Gasteiger partial charge in [-0.1, -0.05) is 36.4 Å². The second-order valence-corrected chi connectivity index (χ2v) is 6.73. The molecule has 1 aliphatic rings. The molecule has 1 atom stereocenters. The highest BCUT2D eigenvalue weighted by atomic mass is 15.3. The van der Waals surface area contributed by atoms with Gasteiger partial charge in [-0.25, -0.2) is 9.55 Å². The van der Waals surface area contributed by atoms with Crippen LogP contribution in [0.25, 0.3) is 17.0 Å². The molecule has 3 N–H and O–H groups in total. The van der Waals surface area contributed by atoms with E-state index in [9.17, 15) is 0 Å². The van der Waals surface area contributed by atoms with E-state index in [0.717, 1.165) is 23.9 Å². The van der Waals surface area contributed by atoms with E-state index in [-0.39, 0.29) is 12.0 Å². The van der Waals surface area contributed by atoms with Crippen molar-refractivity contribution in [2.24, 2.45) is 0 Å². The highest BCUT2D eigenvalue weighted by molar-refractivity contribution is 5.80. The first-order valence-corrected chi connectivity index (χ1v) is 8.99. The second-order valence-electron chi connectivity index (χ2n) is 6.73. The Morgan fingerprint density at radius 2 is 1.81 bits per heavy atom. The van der Waals surface area contributed by atoms with Gasteiger partial charge in [-0.15, -0.1) is 0 Å².